The lowest BCUT2D eigenvalue weighted by molar-refractivity contribution is -0.127. The number of likely N-dealkylation sites (tertiary alicyclic amines) is 1. The van der Waals surface area contributed by atoms with Crippen LogP contribution < -0.4 is 5.32 Å². The van der Waals surface area contributed by atoms with E-state index in [1.807, 2.05) is 18.0 Å². The number of piperidine rings is 1. The van der Waals surface area contributed by atoms with E-state index in [0.717, 1.165) is 25.8 Å². The van der Waals surface area contributed by atoms with Crippen molar-refractivity contribution in [2.75, 3.05) is 26.8 Å². The van der Waals surface area contributed by atoms with E-state index in [-0.39, 0.29) is 24.0 Å². The van der Waals surface area contributed by atoms with Gasteiger partial charge in [-0.1, -0.05) is 12.8 Å². The van der Waals surface area contributed by atoms with Crippen LogP contribution in [-0.4, -0.2) is 58.8 Å². The Hall–Kier alpha value is -1.89. The summed E-state index contributed by atoms with van der Waals surface area (Å²) < 4.78 is 6.72. The fraction of sp³-hybridized carbons (Fsp3) is 0.722. The molecule has 2 amide bonds. The number of carbonyl (C=O) groups excluding carboxylic acids is 2. The predicted octanol–water partition coefficient (Wildman–Crippen LogP) is 1.44. The standard InChI is InChI=1S/C18H28N4O3/c1-3-22-9-6-15(20-22)17(24)21-10-7-18(8-11-21,12-14-4-5-14)19-16(23)13-25-2/h6,9,14H,3-5,7-8,10-13H2,1-2H3,(H,19,23). The lowest BCUT2D eigenvalue weighted by Crippen LogP contribution is -2.57. The number of hydrogen-bond donors (Lipinski definition) is 1. The zero-order valence-electron chi connectivity index (χ0n) is 15.2. The number of carbonyl (C=O) groups is 2. The van der Waals surface area contributed by atoms with Gasteiger partial charge in [0.2, 0.25) is 5.91 Å². The van der Waals surface area contributed by atoms with Gasteiger partial charge >= 0.3 is 0 Å². The Morgan fingerprint density at radius 1 is 1.36 bits per heavy atom. The summed E-state index contributed by atoms with van der Waals surface area (Å²) in [7, 11) is 1.53. The van der Waals surface area contributed by atoms with Gasteiger partial charge in [0.15, 0.2) is 0 Å². The van der Waals surface area contributed by atoms with E-state index >= 15 is 0 Å². The Balaban J connectivity index is 1.62. The fourth-order valence-corrected chi connectivity index (χ4v) is 3.67. The highest BCUT2D eigenvalue weighted by atomic mass is 16.5. The van der Waals surface area contributed by atoms with Gasteiger partial charge in [0.25, 0.3) is 5.91 Å². The number of amides is 2. The molecule has 1 aromatic heterocycles. The van der Waals surface area contributed by atoms with E-state index in [1.165, 1.54) is 20.0 Å². The van der Waals surface area contributed by atoms with E-state index in [4.69, 9.17) is 4.74 Å². The molecule has 25 heavy (non-hydrogen) atoms. The second kappa shape index (κ2) is 7.56. The maximum absolute atomic E-state index is 12.6. The molecule has 0 aromatic carbocycles. The molecule has 1 aliphatic carbocycles. The molecule has 0 bridgehead atoms. The molecule has 2 fully saturated rings. The van der Waals surface area contributed by atoms with Crippen LogP contribution in [-0.2, 0) is 16.1 Å². The van der Waals surface area contributed by atoms with Gasteiger partial charge in [-0.2, -0.15) is 5.10 Å². The van der Waals surface area contributed by atoms with Crippen molar-refractivity contribution < 1.29 is 14.3 Å². The molecule has 1 aromatic rings. The van der Waals surface area contributed by atoms with Crippen molar-refractivity contribution in [1.29, 1.82) is 0 Å². The van der Waals surface area contributed by atoms with Crippen LogP contribution in [0.1, 0.15) is 49.5 Å². The van der Waals surface area contributed by atoms with Gasteiger partial charge in [0.1, 0.15) is 12.3 Å². The third-order valence-corrected chi connectivity index (χ3v) is 5.25. The van der Waals surface area contributed by atoms with Gasteiger partial charge < -0.3 is 15.0 Å². The molecule has 0 spiro atoms. The molecule has 1 aliphatic heterocycles. The average Bonchev–Trinajstić information content (AvgIpc) is 3.27. The van der Waals surface area contributed by atoms with Gasteiger partial charge in [-0.05, 0) is 38.2 Å². The minimum Gasteiger partial charge on any atom is -0.375 e. The molecule has 2 heterocycles. The average molecular weight is 348 g/mol. The molecule has 1 saturated carbocycles. The summed E-state index contributed by atoms with van der Waals surface area (Å²) in [5.41, 5.74) is 0.302. The summed E-state index contributed by atoms with van der Waals surface area (Å²) in [6.07, 6.45) is 6.92. The number of aryl methyl sites for hydroxylation is 1. The summed E-state index contributed by atoms with van der Waals surface area (Å²) in [6, 6.07) is 1.78. The molecule has 1 saturated heterocycles. The first-order valence-corrected chi connectivity index (χ1v) is 9.18. The molecule has 0 radical (unpaired) electrons. The highest BCUT2D eigenvalue weighted by Crippen LogP contribution is 2.40. The highest BCUT2D eigenvalue weighted by molar-refractivity contribution is 5.92. The second-order valence-corrected chi connectivity index (χ2v) is 7.26. The van der Waals surface area contributed by atoms with Crippen LogP contribution >= 0.6 is 0 Å². The van der Waals surface area contributed by atoms with Crippen LogP contribution in [0.15, 0.2) is 12.3 Å². The monoisotopic (exact) mass is 348 g/mol. The lowest BCUT2D eigenvalue weighted by atomic mass is 9.82. The highest BCUT2D eigenvalue weighted by Gasteiger charge is 2.41. The first-order chi connectivity index (χ1) is 12.0. The van der Waals surface area contributed by atoms with Crippen molar-refractivity contribution in [3.63, 3.8) is 0 Å². The Morgan fingerprint density at radius 3 is 2.64 bits per heavy atom. The van der Waals surface area contributed by atoms with Gasteiger partial charge in [-0.15, -0.1) is 0 Å². The number of aromatic nitrogens is 2. The van der Waals surface area contributed by atoms with Gasteiger partial charge in [-0.25, -0.2) is 0 Å². The van der Waals surface area contributed by atoms with Crippen molar-refractivity contribution in [3.8, 4) is 0 Å². The number of nitrogens with one attached hydrogen (secondary N) is 1. The van der Waals surface area contributed by atoms with Crippen LogP contribution in [0.25, 0.3) is 0 Å². The molecule has 7 heteroatoms. The lowest BCUT2D eigenvalue weighted by Gasteiger charge is -2.42. The molecular formula is C18H28N4O3. The van der Waals surface area contributed by atoms with Gasteiger partial charge in [0.05, 0.1) is 0 Å². The molecule has 3 rings (SSSR count). The summed E-state index contributed by atoms with van der Waals surface area (Å²) in [5.74, 6) is 0.630. The summed E-state index contributed by atoms with van der Waals surface area (Å²) >= 11 is 0. The van der Waals surface area contributed by atoms with E-state index < -0.39 is 0 Å². The van der Waals surface area contributed by atoms with Crippen LogP contribution in [0.3, 0.4) is 0 Å². The van der Waals surface area contributed by atoms with E-state index in [9.17, 15) is 9.59 Å². The molecule has 0 atom stereocenters. The summed E-state index contributed by atoms with van der Waals surface area (Å²) in [5, 5.41) is 7.51. The molecular weight excluding hydrogens is 320 g/mol. The molecule has 0 unspecified atom stereocenters. The van der Waals surface area contributed by atoms with Crippen LogP contribution in [0.4, 0.5) is 0 Å². The topological polar surface area (TPSA) is 76.5 Å². The zero-order chi connectivity index (χ0) is 17.9. The van der Waals surface area contributed by atoms with Gasteiger partial charge in [0, 0.05) is 38.5 Å². The van der Waals surface area contributed by atoms with Crippen LogP contribution in [0.2, 0.25) is 0 Å². The van der Waals surface area contributed by atoms with Crippen molar-refractivity contribution >= 4 is 11.8 Å². The quantitative estimate of drug-likeness (QED) is 0.809. The Morgan fingerprint density at radius 2 is 2.08 bits per heavy atom. The van der Waals surface area contributed by atoms with Crippen molar-refractivity contribution in [2.24, 2.45) is 5.92 Å². The molecule has 2 aliphatic rings. The fourth-order valence-electron chi connectivity index (χ4n) is 3.67. The Bertz CT molecular complexity index is 616. The number of ether oxygens (including phenoxy) is 1. The van der Waals surface area contributed by atoms with Crippen molar-refractivity contribution in [1.82, 2.24) is 20.0 Å². The number of rotatable bonds is 7. The number of nitrogens with zero attached hydrogens (tertiary/aromatic N) is 3. The normalized spacial score (nSPS) is 19.7. The Kier molecular flexibility index (Phi) is 5.42. The van der Waals surface area contributed by atoms with Crippen LogP contribution in [0, 0.1) is 5.92 Å². The minimum atomic E-state index is -0.198. The predicted molar refractivity (Wildman–Crippen MR) is 93.1 cm³/mol. The Labute approximate surface area is 148 Å². The first kappa shape index (κ1) is 17.9. The van der Waals surface area contributed by atoms with E-state index in [0.29, 0.717) is 24.7 Å². The van der Waals surface area contributed by atoms with Gasteiger partial charge in [-0.3, -0.25) is 14.3 Å². The maximum Gasteiger partial charge on any atom is 0.274 e. The largest absolute Gasteiger partial charge is 0.375 e. The zero-order valence-corrected chi connectivity index (χ0v) is 15.2. The molecule has 138 valence electrons. The van der Waals surface area contributed by atoms with Crippen LogP contribution in [0.5, 0.6) is 0 Å². The summed E-state index contributed by atoms with van der Waals surface area (Å²) in [4.78, 5) is 26.6. The number of hydrogen-bond acceptors (Lipinski definition) is 4. The van der Waals surface area contributed by atoms with Crippen molar-refractivity contribution in [3.05, 3.63) is 18.0 Å². The second-order valence-electron chi connectivity index (χ2n) is 7.26. The first-order valence-electron chi connectivity index (χ1n) is 9.18. The maximum atomic E-state index is 12.6. The van der Waals surface area contributed by atoms with E-state index in [1.54, 1.807) is 10.7 Å². The third-order valence-electron chi connectivity index (χ3n) is 5.25. The van der Waals surface area contributed by atoms with E-state index in [2.05, 4.69) is 10.4 Å². The smallest absolute Gasteiger partial charge is 0.274 e. The number of methoxy groups -OCH3 is 1. The minimum absolute atomic E-state index is 0.0181. The molecule has 7 nitrogen and oxygen atoms in total. The summed E-state index contributed by atoms with van der Waals surface area (Å²) in [6.45, 7) is 4.14. The molecule has 1 N–H and O–H groups in total. The van der Waals surface area contributed by atoms with Crippen molar-refractivity contribution in [2.45, 2.75) is 51.1 Å². The SMILES string of the molecule is CCn1ccc(C(=O)N2CCC(CC3CC3)(NC(=O)COC)CC2)n1. The third kappa shape index (κ3) is 4.39.